The molecule has 0 bridgehead atoms. The van der Waals surface area contributed by atoms with Crippen LogP contribution in [-0.4, -0.2) is 21.3 Å². The minimum Gasteiger partial charge on any atom is -0.369 e. The maximum atomic E-state index is 11.4. The third-order valence-electron chi connectivity index (χ3n) is 3.82. The lowest BCUT2D eigenvalue weighted by molar-refractivity contribution is -0.122. The van der Waals surface area contributed by atoms with Crippen LogP contribution in [0.15, 0.2) is 0 Å². The lowest BCUT2D eigenvalue weighted by Gasteiger charge is -2.29. The van der Waals surface area contributed by atoms with Gasteiger partial charge in [0.2, 0.25) is 11.0 Å². The zero-order chi connectivity index (χ0) is 12.5. The Balaban J connectivity index is 1.67. The van der Waals surface area contributed by atoms with Crippen molar-refractivity contribution in [2.24, 2.45) is 11.7 Å². The highest BCUT2D eigenvalue weighted by Crippen LogP contribution is 2.39. The summed E-state index contributed by atoms with van der Waals surface area (Å²) in [5, 5.41) is 4.20. The summed E-state index contributed by atoms with van der Waals surface area (Å²) in [6, 6.07) is 0.135. The van der Waals surface area contributed by atoms with Gasteiger partial charge < -0.3 is 11.1 Å². The Kier molecular flexibility index (Phi) is 3.20. The number of hydrogen-bond acceptors (Lipinski definition) is 5. The van der Waals surface area contributed by atoms with Crippen molar-refractivity contribution in [2.75, 3.05) is 5.32 Å². The monoisotopic (exact) mass is 266 g/mol. The van der Waals surface area contributed by atoms with E-state index in [1.54, 1.807) is 0 Å². The first-order valence-corrected chi connectivity index (χ1v) is 7.41. The van der Waals surface area contributed by atoms with E-state index in [1.807, 2.05) is 0 Å². The fourth-order valence-corrected chi connectivity index (χ4v) is 3.31. The van der Waals surface area contributed by atoms with Crippen molar-refractivity contribution in [3.05, 3.63) is 5.82 Å². The largest absolute Gasteiger partial charge is 0.369 e. The smallest absolute Gasteiger partial charge is 0.222 e. The maximum absolute atomic E-state index is 11.4. The van der Waals surface area contributed by atoms with Gasteiger partial charge in [-0.25, -0.2) is 4.98 Å². The molecule has 2 unspecified atom stereocenters. The zero-order valence-electron chi connectivity index (χ0n) is 10.3. The molecule has 1 aromatic rings. The lowest BCUT2D eigenvalue weighted by atomic mass is 9.84. The average Bonchev–Trinajstić information content (AvgIpc) is 3.11. The molecule has 2 aliphatic rings. The number of anilines is 1. The molecule has 3 N–H and O–H groups in total. The molecule has 3 rings (SSSR count). The topological polar surface area (TPSA) is 80.9 Å². The Morgan fingerprint density at radius 2 is 2.06 bits per heavy atom. The summed E-state index contributed by atoms with van der Waals surface area (Å²) >= 11 is 1.40. The first kappa shape index (κ1) is 11.9. The molecule has 1 amide bonds. The van der Waals surface area contributed by atoms with Crippen LogP contribution < -0.4 is 11.1 Å². The Labute approximate surface area is 110 Å². The molecule has 2 atom stereocenters. The first-order valence-electron chi connectivity index (χ1n) is 6.63. The van der Waals surface area contributed by atoms with E-state index in [0.29, 0.717) is 5.92 Å². The third kappa shape index (κ3) is 2.48. The van der Waals surface area contributed by atoms with Crippen molar-refractivity contribution in [2.45, 2.75) is 50.5 Å². The Bertz CT molecular complexity index is 443. The lowest BCUT2D eigenvalue weighted by Crippen LogP contribution is -2.40. The van der Waals surface area contributed by atoms with E-state index in [4.69, 9.17) is 5.73 Å². The first-order chi connectivity index (χ1) is 8.74. The maximum Gasteiger partial charge on any atom is 0.222 e. The number of carbonyl (C=O) groups excluding carboxylic acids is 1. The second-order valence-electron chi connectivity index (χ2n) is 5.28. The Morgan fingerprint density at radius 3 is 2.78 bits per heavy atom. The fourth-order valence-electron chi connectivity index (χ4n) is 2.60. The van der Waals surface area contributed by atoms with E-state index in [2.05, 4.69) is 14.7 Å². The molecule has 0 radical (unpaired) electrons. The van der Waals surface area contributed by atoms with E-state index >= 15 is 0 Å². The van der Waals surface area contributed by atoms with Crippen LogP contribution in [-0.2, 0) is 4.79 Å². The molecule has 2 fully saturated rings. The van der Waals surface area contributed by atoms with E-state index in [-0.39, 0.29) is 17.9 Å². The molecule has 1 heterocycles. The van der Waals surface area contributed by atoms with Gasteiger partial charge in [0.1, 0.15) is 5.82 Å². The minimum atomic E-state index is -0.195. The minimum absolute atomic E-state index is 0.0629. The summed E-state index contributed by atoms with van der Waals surface area (Å²) < 4.78 is 4.37. The molecule has 0 aromatic carbocycles. The van der Waals surface area contributed by atoms with Crippen LogP contribution in [0.4, 0.5) is 5.13 Å². The second-order valence-corrected chi connectivity index (χ2v) is 6.03. The van der Waals surface area contributed by atoms with E-state index in [9.17, 15) is 4.79 Å². The zero-order valence-corrected chi connectivity index (χ0v) is 11.1. The van der Waals surface area contributed by atoms with Gasteiger partial charge in [-0.15, -0.1) is 0 Å². The van der Waals surface area contributed by atoms with Crippen LogP contribution >= 0.6 is 11.5 Å². The van der Waals surface area contributed by atoms with E-state index < -0.39 is 0 Å². The number of nitrogens with zero attached hydrogens (tertiary/aromatic N) is 2. The molecule has 2 aliphatic carbocycles. The van der Waals surface area contributed by atoms with E-state index in [1.165, 1.54) is 24.4 Å². The normalized spacial score (nSPS) is 28.0. The highest BCUT2D eigenvalue weighted by molar-refractivity contribution is 7.09. The highest BCUT2D eigenvalue weighted by atomic mass is 32.1. The van der Waals surface area contributed by atoms with Crippen molar-refractivity contribution in [1.82, 2.24) is 9.36 Å². The summed E-state index contributed by atoms with van der Waals surface area (Å²) in [5.74, 6) is 1.29. The van der Waals surface area contributed by atoms with Crippen LogP contribution in [0.1, 0.15) is 50.3 Å². The molecule has 6 heteroatoms. The van der Waals surface area contributed by atoms with Crippen molar-refractivity contribution in [3.63, 3.8) is 0 Å². The molecule has 5 nitrogen and oxygen atoms in total. The summed E-state index contributed by atoms with van der Waals surface area (Å²) in [7, 11) is 0. The quantitative estimate of drug-likeness (QED) is 0.871. The molecule has 1 aromatic heterocycles. The number of nitrogens with one attached hydrogen (secondary N) is 1. The Hall–Kier alpha value is -1.17. The summed E-state index contributed by atoms with van der Waals surface area (Å²) in [6.45, 7) is 0. The van der Waals surface area contributed by atoms with Gasteiger partial charge in [0.25, 0.3) is 0 Å². The molecule has 0 aliphatic heterocycles. The van der Waals surface area contributed by atoms with E-state index in [0.717, 1.165) is 36.6 Å². The predicted octanol–water partition coefficient (Wildman–Crippen LogP) is 1.87. The fraction of sp³-hybridized carbons (Fsp3) is 0.750. The molecule has 0 saturated heterocycles. The van der Waals surface area contributed by atoms with Crippen LogP contribution in [0.25, 0.3) is 0 Å². The number of hydrogen-bond donors (Lipinski definition) is 2. The number of aromatic nitrogens is 2. The molecular weight excluding hydrogens is 248 g/mol. The standard InChI is InChI=1S/C12H18N4OS/c13-10(17)8-3-1-2-4-9(8)14-12-15-11(16-18-12)7-5-6-7/h7-9H,1-6H2,(H2,13,17)(H,14,15,16). The number of nitrogens with two attached hydrogens (primary N) is 1. The van der Waals surface area contributed by atoms with Gasteiger partial charge in [0.15, 0.2) is 0 Å². The van der Waals surface area contributed by atoms with Crippen molar-refractivity contribution < 1.29 is 4.79 Å². The third-order valence-corrected chi connectivity index (χ3v) is 4.48. The van der Waals surface area contributed by atoms with Gasteiger partial charge in [0.05, 0.1) is 5.92 Å². The van der Waals surface area contributed by atoms with Crippen molar-refractivity contribution in [1.29, 1.82) is 0 Å². The number of primary amides is 1. The van der Waals surface area contributed by atoms with Gasteiger partial charge in [-0.05, 0) is 25.7 Å². The summed E-state index contributed by atoms with van der Waals surface area (Å²) in [4.78, 5) is 15.9. The molecule has 18 heavy (non-hydrogen) atoms. The molecule has 0 spiro atoms. The van der Waals surface area contributed by atoms with Gasteiger partial charge in [-0.2, -0.15) is 4.37 Å². The number of carbonyl (C=O) groups is 1. The average molecular weight is 266 g/mol. The number of amides is 1. The number of rotatable bonds is 4. The van der Waals surface area contributed by atoms with Crippen molar-refractivity contribution in [3.8, 4) is 0 Å². The predicted molar refractivity (Wildman–Crippen MR) is 70.4 cm³/mol. The van der Waals surface area contributed by atoms with Crippen molar-refractivity contribution >= 4 is 22.6 Å². The van der Waals surface area contributed by atoms with Gasteiger partial charge in [0, 0.05) is 23.5 Å². The van der Waals surface area contributed by atoms with Crippen LogP contribution in [0.3, 0.4) is 0 Å². The highest BCUT2D eigenvalue weighted by Gasteiger charge is 2.31. The molecule has 98 valence electrons. The van der Waals surface area contributed by atoms with Crippen LogP contribution in [0.5, 0.6) is 0 Å². The van der Waals surface area contributed by atoms with Gasteiger partial charge in [-0.3, -0.25) is 4.79 Å². The van der Waals surface area contributed by atoms with Crippen LogP contribution in [0, 0.1) is 5.92 Å². The van der Waals surface area contributed by atoms with Gasteiger partial charge in [-0.1, -0.05) is 12.8 Å². The van der Waals surface area contributed by atoms with Gasteiger partial charge >= 0.3 is 0 Å². The molecular formula is C12H18N4OS. The van der Waals surface area contributed by atoms with Crippen LogP contribution in [0.2, 0.25) is 0 Å². The SMILES string of the molecule is NC(=O)C1CCCCC1Nc1nc(C2CC2)ns1. The Morgan fingerprint density at radius 1 is 1.28 bits per heavy atom. The summed E-state index contributed by atoms with van der Waals surface area (Å²) in [6.07, 6.45) is 6.55. The molecule has 2 saturated carbocycles. The summed E-state index contributed by atoms with van der Waals surface area (Å²) in [5.41, 5.74) is 5.46. The second kappa shape index (κ2) is 4.84.